The summed E-state index contributed by atoms with van der Waals surface area (Å²) in [6.07, 6.45) is 3.72. The molecular formula is C22H26N6O3S. The molecule has 0 bridgehead atoms. The summed E-state index contributed by atoms with van der Waals surface area (Å²) in [6, 6.07) is 12.6. The fourth-order valence-corrected chi connectivity index (χ4v) is 4.66. The third-order valence-electron chi connectivity index (χ3n) is 5.97. The van der Waals surface area contributed by atoms with E-state index in [0.29, 0.717) is 6.42 Å². The average Bonchev–Trinajstić information content (AvgIpc) is 3.39. The van der Waals surface area contributed by atoms with Crippen LogP contribution in [0.4, 0.5) is 5.69 Å². The van der Waals surface area contributed by atoms with Gasteiger partial charge in [-0.15, -0.1) is 0 Å². The minimum absolute atomic E-state index is 0.0193. The van der Waals surface area contributed by atoms with E-state index in [4.69, 9.17) is 5.14 Å². The van der Waals surface area contributed by atoms with Crippen molar-refractivity contribution in [3.63, 3.8) is 0 Å². The molecule has 2 N–H and O–H groups in total. The maximum Gasteiger partial charge on any atom is 0.241 e. The van der Waals surface area contributed by atoms with Gasteiger partial charge in [-0.3, -0.25) is 9.69 Å². The molecule has 2 heterocycles. The number of primary sulfonamides is 1. The predicted molar refractivity (Wildman–Crippen MR) is 121 cm³/mol. The molecule has 0 spiro atoms. The third-order valence-corrected chi connectivity index (χ3v) is 6.88. The minimum Gasteiger partial charge on any atom is -0.308 e. The van der Waals surface area contributed by atoms with E-state index < -0.39 is 10.0 Å². The number of nitrogens with zero attached hydrogens (tertiary/aromatic N) is 5. The van der Waals surface area contributed by atoms with Crippen LogP contribution >= 0.6 is 0 Å². The Labute approximate surface area is 187 Å². The number of benzene rings is 2. The second-order valence-electron chi connectivity index (χ2n) is 8.18. The Kier molecular flexibility index (Phi) is 5.85. The van der Waals surface area contributed by atoms with Crippen molar-refractivity contribution in [2.45, 2.75) is 37.2 Å². The van der Waals surface area contributed by atoms with Crippen LogP contribution in [0.5, 0.6) is 0 Å². The Morgan fingerprint density at radius 1 is 1.25 bits per heavy atom. The molecule has 0 aliphatic carbocycles. The van der Waals surface area contributed by atoms with Crippen molar-refractivity contribution in [3.8, 4) is 5.69 Å². The molecule has 168 valence electrons. The normalized spacial score (nSPS) is 16.9. The molecule has 0 radical (unpaired) electrons. The van der Waals surface area contributed by atoms with Crippen LogP contribution in [0.3, 0.4) is 0 Å². The molecule has 3 aromatic rings. The molecule has 0 fully saturated rings. The maximum atomic E-state index is 13.2. The summed E-state index contributed by atoms with van der Waals surface area (Å²) in [5.74, 6) is -0.0341. The van der Waals surface area contributed by atoms with E-state index in [2.05, 4.69) is 17.0 Å². The van der Waals surface area contributed by atoms with E-state index in [1.165, 1.54) is 12.4 Å². The van der Waals surface area contributed by atoms with Gasteiger partial charge in [-0.25, -0.2) is 23.2 Å². The predicted octanol–water partition coefficient (Wildman–Crippen LogP) is 1.89. The van der Waals surface area contributed by atoms with Gasteiger partial charge in [0.25, 0.3) is 0 Å². The summed E-state index contributed by atoms with van der Waals surface area (Å²) >= 11 is 0. The lowest BCUT2D eigenvalue weighted by molar-refractivity contribution is -0.120. The van der Waals surface area contributed by atoms with Crippen LogP contribution in [-0.2, 0) is 21.2 Å². The summed E-state index contributed by atoms with van der Waals surface area (Å²) in [5, 5.41) is 9.38. The van der Waals surface area contributed by atoms with Gasteiger partial charge in [0.1, 0.15) is 12.7 Å². The zero-order chi connectivity index (χ0) is 23.0. The fourth-order valence-electron chi connectivity index (χ4n) is 4.09. The summed E-state index contributed by atoms with van der Waals surface area (Å²) in [5.41, 5.74) is 3.56. The van der Waals surface area contributed by atoms with Crippen molar-refractivity contribution >= 4 is 21.6 Å². The molecule has 10 heteroatoms. The molecule has 0 saturated carbocycles. The van der Waals surface area contributed by atoms with Gasteiger partial charge in [0.05, 0.1) is 17.1 Å². The van der Waals surface area contributed by atoms with Crippen molar-refractivity contribution < 1.29 is 13.2 Å². The van der Waals surface area contributed by atoms with Gasteiger partial charge in [-0.05, 0) is 68.8 Å². The van der Waals surface area contributed by atoms with E-state index in [0.717, 1.165) is 22.5 Å². The standard InChI is InChI=1S/C22H26N6O3S/c1-15-10-18-11-20(32(23,30)31)8-9-21(18)28(15)22(29)12-26(3)16(2)17-4-6-19(7-5-17)27-14-24-13-25-27/h4-9,11,13-16H,10,12H2,1-3H3,(H2,23,30,31). The molecule has 2 aromatic carbocycles. The fraction of sp³-hybridized carbons (Fsp3) is 0.318. The number of nitrogens with two attached hydrogens (primary N) is 1. The smallest absolute Gasteiger partial charge is 0.241 e. The van der Waals surface area contributed by atoms with Crippen LogP contribution < -0.4 is 10.0 Å². The molecule has 1 aliphatic heterocycles. The maximum absolute atomic E-state index is 13.2. The SMILES string of the molecule is CC(c1ccc(-n2cncn2)cc1)N(C)CC(=O)N1c2ccc(S(N)(=O)=O)cc2CC1C. The summed E-state index contributed by atoms with van der Waals surface area (Å²) < 4.78 is 25.0. The van der Waals surface area contributed by atoms with Crippen molar-refractivity contribution in [1.82, 2.24) is 19.7 Å². The first-order valence-electron chi connectivity index (χ1n) is 10.3. The number of likely N-dealkylation sites (N-methyl/N-ethyl adjacent to an activating group) is 1. The number of hydrogen-bond donors (Lipinski definition) is 1. The highest BCUT2D eigenvalue weighted by Crippen LogP contribution is 2.34. The van der Waals surface area contributed by atoms with Gasteiger partial charge >= 0.3 is 0 Å². The highest BCUT2D eigenvalue weighted by Gasteiger charge is 2.32. The lowest BCUT2D eigenvalue weighted by atomic mass is 10.1. The van der Waals surface area contributed by atoms with Crippen molar-refractivity contribution in [1.29, 1.82) is 0 Å². The Balaban J connectivity index is 1.47. The second-order valence-corrected chi connectivity index (χ2v) is 9.74. The van der Waals surface area contributed by atoms with Crippen molar-refractivity contribution in [2.75, 3.05) is 18.5 Å². The number of sulfonamides is 1. The monoisotopic (exact) mass is 454 g/mol. The van der Waals surface area contributed by atoms with Gasteiger partial charge in [-0.2, -0.15) is 5.10 Å². The zero-order valence-electron chi connectivity index (χ0n) is 18.2. The van der Waals surface area contributed by atoms with Crippen LogP contribution in [0.1, 0.15) is 31.0 Å². The lowest BCUT2D eigenvalue weighted by Gasteiger charge is -2.29. The number of carbonyl (C=O) groups excluding carboxylic acids is 1. The molecule has 2 atom stereocenters. The highest BCUT2D eigenvalue weighted by atomic mass is 32.2. The molecule has 1 aromatic heterocycles. The molecule has 1 amide bonds. The van der Waals surface area contributed by atoms with Crippen LogP contribution in [0, 0.1) is 0 Å². The first-order chi connectivity index (χ1) is 15.1. The number of carbonyl (C=O) groups is 1. The third kappa shape index (κ3) is 4.29. The van der Waals surface area contributed by atoms with Gasteiger partial charge < -0.3 is 4.90 Å². The Morgan fingerprint density at radius 3 is 2.59 bits per heavy atom. The second kappa shape index (κ2) is 8.45. The summed E-state index contributed by atoms with van der Waals surface area (Å²) in [6.45, 7) is 4.24. The van der Waals surface area contributed by atoms with Crippen molar-refractivity contribution in [2.24, 2.45) is 5.14 Å². The molecule has 9 nitrogen and oxygen atoms in total. The topological polar surface area (TPSA) is 114 Å². The Hall–Kier alpha value is -3.08. The largest absolute Gasteiger partial charge is 0.308 e. The van der Waals surface area contributed by atoms with Crippen LogP contribution in [0.2, 0.25) is 0 Å². The molecule has 4 rings (SSSR count). The number of anilines is 1. The molecule has 1 aliphatic rings. The number of amides is 1. The van der Waals surface area contributed by atoms with E-state index in [-0.39, 0.29) is 29.4 Å². The quantitative estimate of drug-likeness (QED) is 0.608. The highest BCUT2D eigenvalue weighted by molar-refractivity contribution is 7.89. The van der Waals surface area contributed by atoms with E-state index in [1.54, 1.807) is 28.0 Å². The number of hydrogen-bond acceptors (Lipinski definition) is 6. The average molecular weight is 455 g/mol. The molecular weight excluding hydrogens is 428 g/mol. The van der Waals surface area contributed by atoms with Crippen LogP contribution in [0.15, 0.2) is 60.0 Å². The molecule has 0 saturated heterocycles. The Morgan fingerprint density at radius 2 is 1.97 bits per heavy atom. The summed E-state index contributed by atoms with van der Waals surface area (Å²) in [7, 11) is -1.86. The van der Waals surface area contributed by atoms with E-state index >= 15 is 0 Å². The molecule has 2 unspecified atom stereocenters. The lowest BCUT2D eigenvalue weighted by Crippen LogP contribution is -2.42. The first kappa shape index (κ1) is 22.1. The summed E-state index contributed by atoms with van der Waals surface area (Å²) in [4.78, 5) is 21.0. The van der Waals surface area contributed by atoms with Crippen molar-refractivity contribution in [3.05, 3.63) is 66.2 Å². The van der Waals surface area contributed by atoms with E-state index in [1.807, 2.05) is 43.1 Å². The Bertz CT molecular complexity index is 1230. The molecule has 32 heavy (non-hydrogen) atoms. The zero-order valence-corrected chi connectivity index (χ0v) is 19.0. The van der Waals surface area contributed by atoms with Gasteiger partial charge in [0, 0.05) is 17.8 Å². The van der Waals surface area contributed by atoms with Gasteiger partial charge in [0.15, 0.2) is 0 Å². The minimum atomic E-state index is -3.78. The first-order valence-corrected chi connectivity index (χ1v) is 11.8. The number of rotatable bonds is 6. The van der Waals surface area contributed by atoms with E-state index in [9.17, 15) is 13.2 Å². The van der Waals surface area contributed by atoms with Gasteiger partial charge in [-0.1, -0.05) is 12.1 Å². The van der Waals surface area contributed by atoms with Crippen LogP contribution in [-0.4, -0.2) is 53.6 Å². The number of aromatic nitrogens is 3. The van der Waals surface area contributed by atoms with Gasteiger partial charge in [0.2, 0.25) is 15.9 Å². The number of fused-ring (bicyclic) bond motifs is 1. The van der Waals surface area contributed by atoms with Crippen LogP contribution in [0.25, 0.3) is 5.69 Å².